The van der Waals surface area contributed by atoms with Crippen LogP contribution in [0.5, 0.6) is 0 Å². The Bertz CT molecular complexity index is 243. The Kier molecular flexibility index (Phi) is 3.57. The van der Waals surface area contributed by atoms with Crippen LogP contribution in [0.1, 0.15) is 13.8 Å². The summed E-state index contributed by atoms with van der Waals surface area (Å²) >= 11 is 1.97. The zero-order valence-electron chi connectivity index (χ0n) is 9.53. The van der Waals surface area contributed by atoms with Crippen LogP contribution in [0, 0.1) is 11.8 Å². The van der Waals surface area contributed by atoms with E-state index in [1.165, 1.54) is 0 Å². The first-order chi connectivity index (χ1) is 7.18. The Morgan fingerprint density at radius 2 is 2.27 bits per heavy atom. The normalized spacial score (nSPS) is 29.7. The molecule has 0 aromatic heterocycles. The molecule has 2 aliphatic heterocycles. The molecule has 2 unspecified atom stereocenters. The van der Waals surface area contributed by atoms with E-state index in [4.69, 9.17) is 0 Å². The van der Waals surface area contributed by atoms with Gasteiger partial charge in [0, 0.05) is 30.0 Å². The van der Waals surface area contributed by atoms with Crippen molar-refractivity contribution in [2.75, 3.05) is 31.9 Å². The predicted octanol–water partition coefficient (Wildman–Crippen LogP) is 0.806. The minimum absolute atomic E-state index is 0.210. The highest BCUT2D eigenvalue weighted by Crippen LogP contribution is 2.23. The molecule has 2 aliphatic rings. The summed E-state index contributed by atoms with van der Waals surface area (Å²) in [7, 11) is 0. The van der Waals surface area contributed by atoms with Gasteiger partial charge in [0.05, 0.1) is 0 Å². The lowest BCUT2D eigenvalue weighted by atomic mass is 9.88. The molecule has 4 heteroatoms. The minimum atomic E-state index is 0.210. The third kappa shape index (κ3) is 2.48. The second kappa shape index (κ2) is 4.74. The minimum Gasteiger partial charge on any atom is -0.341 e. The SMILES string of the molecule is CC1CN(C(=O)C(C)C2CNC2)CCS1. The van der Waals surface area contributed by atoms with Crippen molar-refractivity contribution in [3.63, 3.8) is 0 Å². The number of nitrogens with one attached hydrogen (secondary N) is 1. The fraction of sp³-hybridized carbons (Fsp3) is 0.909. The topological polar surface area (TPSA) is 32.3 Å². The molecule has 1 amide bonds. The van der Waals surface area contributed by atoms with Crippen molar-refractivity contribution >= 4 is 17.7 Å². The third-order valence-electron chi connectivity index (χ3n) is 3.46. The zero-order chi connectivity index (χ0) is 10.8. The molecule has 0 radical (unpaired) electrons. The van der Waals surface area contributed by atoms with Gasteiger partial charge in [-0.15, -0.1) is 0 Å². The van der Waals surface area contributed by atoms with Gasteiger partial charge in [-0.25, -0.2) is 0 Å². The van der Waals surface area contributed by atoms with Crippen LogP contribution in [0.3, 0.4) is 0 Å². The highest BCUT2D eigenvalue weighted by atomic mass is 32.2. The molecule has 0 aromatic carbocycles. The summed E-state index contributed by atoms with van der Waals surface area (Å²) in [5.74, 6) is 2.25. The first-order valence-electron chi connectivity index (χ1n) is 5.79. The van der Waals surface area contributed by atoms with Crippen LogP contribution in [0.4, 0.5) is 0 Å². The Hall–Kier alpha value is -0.220. The summed E-state index contributed by atoms with van der Waals surface area (Å²) in [6.45, 7) is 8.21. The number of thioether (sulfide) groups is 1. The van der Waals surface area contributed by atoms with Gasteiger partial charge in [-0.1, -0.05) is 13.8 Å². The highest BCUT2D eigenvalue weighted by molar-refractivity contribution is 7.99. The van der Waals surface area contributed by atoms with Crippen LogP contribution in [0.25, 0.3) is 0 Å². The second-order valence-electron chi connectivity index (χ2n) is 4.67. The molecule has 0 aromatic rings. The molecule has 0 spiro atoms. The Labute approximate surface area is 96.0 Å². The van der Waals surface area contributed by atoms with E-state index < -0.39 is 0 Å². The van der Waals surface area contributed by atoms with Crippen molar-refractivity contribution in [1.29, 1.82) is 0 Å². The number of hydrogen-bond donors (Lipinski definition) is 1. The van der Waals surface area contributed by atoms with E-state index in [0.717, 1.165) is 31.9 Å². The van der Waals surface area contributed by atoms with Crippen LogP contribution in [0.2, 0.25) is 0 Å². The van der Waals surface area contributed by atoms with Gasteiger partial charge >= 0.3 is 0 Å². The molecular formula is C11H20N2OS. The summed E-state index contributed by atoms with van der Waals surface area (Å²) in [5, 5.41) is 3.84. The fourth-order valence-corrected chi connectivity index (χ4v) is 3.19. The van der Waals surface area contributed by atoms with E-state index in [2.05, 4.69) is 24.1 Å². The molecule has 3 nitrogen and oxygen atoms in total. The maximum atomic E-state index is 12.2. The van der Waals surface area contributed by atoms with Crippen molar-refractivity contribution in [3.8, 4) is 0 Å². The van der Waals surface area contributed by atoms with Crippen LogP contribution in [-0.4, -0.2) is 48.0 Å². The first kappa shape index (κ1) is 11.3. The molecule has 2 fully saturated rings. The van der Waals surface area contributed by atoms with Crippen molar-refractivity contribution < 1.29 is 4.79 Å². The number of carbonyl (C=O) groups is 1. The average molecular weight is 228 g/mol. The van der Waals surface area contributed by atoms with E-state index >= 15 is 0 Å². The molecule has 86 valence electrons. The maximum absolute atomic E-state index is 12.2. The smallest absolute Gasteiger partial charge is 0.225 e. The molecule has 2 heterocycles. The number of nitrogens with zero attached hydrogens (tertiary/aromatic N) is 1. The summed E-state index contributed by atoms with van der Waals surface area (Å²) in [6, 6.07) is 0. The second-order valence-corrected chi connectivity index (χ2v) is 6.22. The van der Waals surface area contributed by atoms with Crippen molar-refractivity contribution in [2.45, 2.75) is 19.1 Å². The van der Waals surface area contributed by atoms with Crippen LogP contribution in [-0.2, 0) is 4.79 Å². The summed E-state index contributed by atoms with van der Waals surface area (Å²) in [5.41, 5.74) is 0. The van der Waals surface area contributed by atoms with Gasteiger partial charge in [0.2, 0.25) is 5.91 Å². The van der Waals surface area contributed by atoms with Gasteiger partial charge in [0.15, 0.2) is 0 Å². The molecule has 0 saturated carbocycles. The lowest BCUT2D eigenvalue weighted by Gasteiger charge is -2.37. The fourth-order valence-electron chi connectivity index (χ4n) is 2.17. The maximum Gasteiger partial charge on any atom is 0.225 e. The van der Waals surface area contributed by atoms with Gasteiger partial charge < -0.3 is 10.2 Å². The van der Waals surface area contributed by atoms with Crippen molar-refractivity contribution in [3.05, 3.63) is 0 Å². The predicted molar refractivity (Wildman–Crippen MR) is 64.0 cm³/mol. The lowest BCUT2D eigenvalue weighted by molar-refractivity contribution is -0.137. The Balaban J connectivity index is 1.88. The highest BCUT2D eigenvalue weighted by Gasteiger charge is 2.32. The Morgan fingerprint density at radius 1 is 1.53 bits per heavy atom. The van der Waals surface area contributed by atoms with Gasteiger partial charge in [-0.05, 0) is 19.0 Å². The number of rotatable bonds is 2. The molecule has 15 heavy (non-hydrogen) atoms. The van der Waals surface area contributed by atoms with Crippen LogP contribution < -0.4 is 5.32 Å². The van der Waals surface area contributed by atoms with Crippen molar-refractivity contribution in [2.24, 2.45) is 11.8 Å². The number of carbonyl (C=O) groups excluding carboxylic acids is 1. The van der Waals surface area contributed by atoms with E-state index in [-0.39, 0.29) is 5.92 Å². The Morgan fingerprint density at radius 3 is 2.80 bits per heavy atom. The van der Waals surface area contributed by atoms with E-state index in [9.17, 15) is 4.79 Å². The summed E-state index contributed by atoms with van der Waals surface area (Å²) in [4.78, 5) is 14.2. The lowest BCUT2D eigenvalue weighted by Crippen LogP contribution is -2.52. The monoisotopic (exact) mass is 228 g/mol. The van der Waals surface area contributed by atoms with Gasteiger partial charge in [0.25, 0.3) is 0 Å². The van der Waals surface area contributed by atoms with E-state index in [1.54, 1.807) is 0 Å². The third-order valence-corrected chi connectivity index (χ3v) is 4.60. The van der Waals surface area contributed by atoms with E-state index in [0.29, 0.717) is 17.1 Å². The summed E-state index contributed by atoms with van der Waals surface area (Å²) < 4.78 is 0. The van der Waals surface area contributed by atoms with Crippen molar-refractivity contribution in [1.82, 2.24) is 10.2 Å². The van der Waals surface area contributed by atoms with E-state index in [1.807, 2.05) is 11.8 Å². The largest absolute Gasteiger partial charge is 0.341 e. The molecule has 0 aliphatic carbocycles. The van der Waals surface area contributed by atoms with Gasteiger partial charge in [-0.3, -0.25) is 4.79 Å². The molecule has 2 rings (SSSR count). The van der Waals surface area contributed by atoms with Crippen LogP contribution in [0.15, 0.2) is 0 Å². The molecule has 1 N–H and O–H groups in total. The molecule has 2 saturated heterocycles. The average Bonchev–Trinajstić information content (AvgIpc) is 2.14. The quantitative estimate of drug-likeness (QED) is 0.759. The molecular weight excluding hydrogens is 208 g/mol. The molecule has 0 bridgehead atoms. The summed E-state index contributed by atoms with van der Waals surface area (Å²) in [6.07, 6.45) is 0. The van der Waals surface area contributed by atoms with Crippen LogP contribution >= 0.6 is 11.8 Å². The zero-order valence-corrected chi connectivity index (χ0v) is 10.3. The first-order valence-corrected chi connectivity index (χ1v) is 6.84. The molecule has 2 atom stereocenters. The van der Waals surface area contributed by atoms with Gasteiger partial charge in [-0.2, -0.15) is 11.8 Å². The number of amides is 1. The van der Waals surface area contributed by atoms with Gasteiger partial charge in [0.1, 0.15) is 0 Å². The number of hydrogen-bond acceptors (Lipinski definition) is 3. The standard InChI is InChI=1S/C11H20N2OS/c1-8-7-13(3-4-15-8)11(14)9(2)10-5-12-6-10/h8-10,12H,3-7H2,1-2H3.